The van der Waals surface area contributed by atoms with Gasteiger partial charge in [0.25, 0.3) is 0 Å². The maximum absolute atomic E-state index is 12.1. The van der Waals surface area contributed by atoms with Crippen LogP contribution in [-0.2, 0) is 6.42 Å². The van der Waals surface area contributed by atoms with Gasteiger partial charge in [-0.1, -0.05) is 70.4 Å². The average Bonchev–Trinajstić information content (AvgIpc) is 3.01. The van der Waals surface area contributed by atoms with Crippen LogP contribution in [0, 0.1) is 25.1 Å². The first-order valence-corrected chi connectivity index (χ1v) is 13.7. The number of benzene rings is 1. The summed E-state index contributed by atoms with van der Waals surface area (Å²) < 4.78 is 12.1. The van der Waals surface area contributed by atoms with E-state index in [1.54, 1.807) is 23.3 Å². The molecule has 2 heterocycles. The van der Waals surface area contributed by atoms with Crippen molar-refractivity contribution >= 4 is 11.8 Å². The van der Waals surface area contributed by atoms with Gasteiger partial charge < -0.3 is 0 Å². The lowest BCUT2D eigenvalue weighted by Gasteiger charge is -2.24. The highest BCUT2D eigenvalue weighted by molar-refractivity contribution is 7.99. The second-order valence-corrected chi connectivity index (χ2v) is 11.4. The highest BCUT2D eigenvalue weighted by atomic mass is 32.2. The molecule has 184 valence electrons. The predicted octanol–water partition coefficient (Wildman–Crippen LogP) is 9.85. The van der Waals surface area contributed by atoms with Crippen molar-refractivity contribution in [2.45, 2.75) is 104 Å². The average molecular weight is 472 g/mol. The van der Waals surface area contributed by atoms with Crippen molar-refractivity contribution in [2.75, 3.05) is 5.75 Å². The Kier molecular flexibility index (Phi) is 11.2. The number of halogens is 1. The van der Waals surface area contributed by atoms with Gasteiger partial charge in [0.15, 0.2) is 0 Å². The number of allylic oxidation sites excluding steroid dienone is 2. The van der Waals surface area contributed by atoms with Gasteiger partial charge in [-0.2, -0.15) is 0 Å². The van der Waals surface area contributed by atoms with E-state index in [4.69, 9.17) is 4.98 Å². The Labute approximate surface area is 208 Å². The van der Waals surface area contributed by atoms with E-state index >= 15 is 0 Å². The molecule has 0 bridgehead atoms. The lowest BCUT2D eigenvalue weighted by Crippen LogP contribution is -2.13. The smallest absolute Gasteiger partial charge is 0.123 e. The van der Waals surface area contributed by atoms with Gasteiger partial charge in [-0.15, -0.1) is 11.8 Å². The van der Waals surface area contributed by atoms with Crippen LogP contribution in [0.2, 0.25) is 0 Å². The molecule has 1 unspecified atom stereocenters. The highest BCUT2D eigenvalue weighted by Crippen LogP contribution is 2.47. The van der Waals surface area contributed by atoms with Crippen LogP contribution < -0.4 is 0 Å². The van der Waals surface area contributed by atoms with Crippen LogP contribution >= 0.6 is 11.8 Å². The molecule has 2 aliphatic rings. The lowest BCUT2D eigenvalue weighted by atomic mass is 9.81. The van der Waals surface area contributed by atoms with E-state index in [0.717, 1.165) is 12.0 Å². The first-order chi connectivity index (χ1) is 15.7. The number of aromatic nitrogens is 1. The zero-order valence-corrected chi connectivity index (χ0v) is 22.7. The Morgan fingerprint density at radius 1 is 1.06 bits per heavy atom. The van der Waals surface area contributed by atoms with Gasteiger partial charge in [0.1, 0.15) is 5.82 Å². The molecule has 2 aromatic rings. The maximum Gasteiger partial charge on any atom is 0.123 e. The summed E-state index contributed by atoms with van der Waals surface area (Å²) in [7, 11) is 0. The number of pyridine rings is 1. The van der Waals surface area contributed by atoms with Crippen molar-refractivity contribution < 1.29 is 5.82 Å². The van der Waals surface area contributed by atoms with E-state index in [9.17, 15) is 4.39 Å². The molecule has 0 N–H and O–H groups in total. The Hall–Kier alpha value is -1.61. The molecule has 1 nitrogen and oxygen atoms in total. The molecular weight excluding hydrogens is 425 g/mol. The molecule has 0 radical (unpaired) electrons. The Bertz CT molecular complexity index is 878. The quantitative estimate of drug-likeness (QED) is 0.413. The van der Waals surface area contributed by atoms with E-state index in [2.05, 4.69) is 51.7 Å². The zero-order chi connectivity index (χ0) is 24.4. The molecule has 0 saturated heterocycles. The fourth-order valence-electron chi connectivity index (χ4n) is 4.59. The molecule has 1 aliphatic carbocycles. The summed E-state index contributed by atoms with van der Waals surface area (Å²) in [6, 6.07) is 6.40. The van der Waals surface area contributed by atoms with Crippen molar-refractivity contribution in [2.24, 2.45) is 5.41 Å². The number of aryl methyl sites for hydroxylation is 2. The fraction of sp³-hybridized carbons (Fsp3) is 0.567. The third kappa shape index (κ3) is 8.92. The number of thioether (sulfide) groups is 1. The minimum Gasteiger partial charge on any atom is -0.259 e. The minimum atomic E-state index is -0.171. The first-order valence-electron chi connectivity index (χ1n) is 12.7. The molecule has 0 fully saturated rings. The summed E-state index contributed by atoms with van der Waals surface area (Å²) >= 11 is 2.06. The van der Waals surface area contributed by atoms with Crippen LogP contribution in [-0.4, -0.2) is 10.7 Å². The van der Waals surface area contributed by atoms with Crippen LogP contribution in [0.4, 0.5) is 4.39 Å². The molecule has 1 atom stereocenters. The molecule has 0 spiro atoms. The van der Waals surface area contributed by atoms with Gasteiger partial charge >= 0.3 is 0 Å². The molecule has 4 rings (SSSR count). The largest absolute Gasteiger partial charge is 0.259 e. The summed E-state index contributed by atoms with van der Waals surface area (Å²) in [6.07, 6.45) is 13.6. The summed E-state index contributed by atoms with van der Waals surface area (Å²) in [5.41, 5.74) is 7.47. The van der Waals surface area contributed by atoms with Gasteiger partial charge in [0, 0.05) is 24.7 Å². The SMILES string of the molecule is CC.Cc1ccc(F)cc1.Cc1cnc(CC2=CCCCCC2)c2c1C(CC(C)(C)C)CS2.[HH]. The third-order valence-corrected chi connectivity index (χ3v) is 7.40. The Balaban J connectivity index is 0.000000444. The zero-order valence-electron chi connectivity index (χ0n) is 21.9. The maximum atomic E-state index is 12.1. The van der Waals surface area contributed by atoms with Crippen LogP contribution in [0.3, 0.4) is 0 Å². The molecular formula is C30H46FNS. The van der Waals surface area contributed by atoms with Gasteiger partial charge in [-0.05, 0) is 80.5 Å². The fourth-order valence-corrected chi connectivity index (χ4v) is 6.02. The van der Waals surface area contributed by atoms with E-state index in [-0.39, 0.29) is 7.24 Å². The highest BCUT2D eigenvalue weighted by Gasteiger charge is 2.31. The summed E-state index contributed by atoms with van der Waals surface area (Å²) in [5.74, 6) is 1.78. The van der Waals surface area contributed by atoms with Crippen LogP contribution in [0.15, 0.2) is 47.0 Å². The van der Waals surface area contributed by atoms with Crippen molar-refractivity contribution in [1.82, 2.24) is 4.98 Å². The summed E-state index contributed by atoms with van der Waals surface area (Å²) in [5, 5.41) is 0. The summed E-state index contributed by atoms with van der Waals surface area (Å²) in [6.45, 7) is 15.3. The van der Waals surface area contributed by atoms with Crippen LogP contribution in [0.25, 0.3) is 0 Å². The number of hydrogen-bond donors (Lipinski definition) is 0. The Morgan fingerprint density at radius 2 is 1.76 bits per heavy atom. The van der Waals surface area contributed by atoms with E-state index in [1.807, 2.05) is 20.8 Å². The van der Waals surface area contributed by atoms with Gasteiger partial charge in [0.05, 0.1) is 5.69 Å². The lowest BCUT2D eigenvalue weighted by molar-refractivity contribution is 0.350. The molecule has 3 heteroatoms. The van der Waals surface area contributed by atoms with Crippen LogP contribution in [0.1, 0.15) is 103 Å². The van der Waals surface area contributed by atoms with Gasteiger partial charge in [-0.25, -0.2) is 4.39 Å². The van der Waals surface area contributed by atoms with Crippen LogP contribution in [0.5, 0.6) is 0 Å². The molecule has 0 saturated carbocycles. The molecule has 33 heavy (non-hydrogen) atoms. The van der Waals surface area contributed by atoms with Crippen molar-refractivity contribution in [3.8, 4) is 0 Å². The second kappa shape index (κ2) is 13.3. The van der Waals surface area contributed by atoms with Gasteiger partial charge in [0.2, 0.25) is 0 Å². The molecule has 0 amide bonds. The second-order valence-electron chi connectivity index (χ2n) is 10.3. The topological polar surface area (TPSA) is 12.9 Å². The van der Waals surface area contributed by atoms with E-state index < -0.39 is 0 Å². The number of rotatable bonds is 3. The van der Waals surface area contributed by atoms with E-state index in [1.165, 1.54) is 72.6 Å². The standard InChI is InChI=1S/C21H31NS.C7H7F.C2H6.H2/c1-15-13-22-18(11-16-9-7-5-6-8-10-16)20-19(15)17(14-23-20)12-21(2,3)4;1-6-2-4-7(8)5-3-6;1-2;/h9,13,17H,5-8,10-12,14H2,1-4H3;2-5H,1H3;1-2H3;1H. The molecule has 1 aliphatic heterocycles. The molecule has 1 aromatic carbocycles. The first kappa shape index (κ1) is 27.6. The third-order valence-electron chi connectivity index (χ3n) is 6.08. The Morgan fingerprint density at radius 3 is 2.39 bits per heavy atom. The van der Waals surface area contributed by atoms with Crippen molar-refractivity contribution in [3.63, 3.8) is 0 Å². The number of hydrogen-bond acceptors (Lipinski definition) is 2. The van der Waals surface area contributed by atoms with Crippen molar-refractivity contribution in [1.29, 1.82) is 0 Å². The monoisotopic (exact) mass is 471 g/mol. The van der Waals surface area contributed by atoms with E-state index in [0.29, 0.717) is 11.3 Å². The number of fused-ring (bicyclic) bond motifs is 1. The normalized spacial score (nSPS) is 17.6. The number of nitrogens with zero attached hydrogens (tertiary/aromatic N) is 1. The predicted molar refractivity (Wildman–Crippen MR) is 146 cm³/mol. The van der Waals surface area contributed by atoms with Crippen molar-refractivity contribution in [3.05, 3.63) is 70.3 Å². The molecule has 1 aromatic heterocycles. The minimum absolute atomic E-state index is 0. The van der Waals surface area contributed by atoms with Gasteiger partial charge in [-0.3, -0.25) is 4.98 Å². The summed E-state index contributed by atoms with van der Waals surface area (Å²) in [4.78, 5) is 6.36.